The maximum atomic E-state index is 11.9. The fourth-order valence-electron chi connectivity index (χ4n) is 1.83. The largest absolute Gasteiger partial charge is 0.495 e. The number of nitrogens with one attached hydrogen (secondary N) is 2. The van der Waals surface area contributed by atoms with E-state index < -0.39 is 11.8 Å². The van der Waals surface area contributed by atoms with Crippen molar-refractivity contribution in [3.63, 3.8) is 0 Å². The second kappa shape index (κ2) is 8.73. The molecule has 24 heavy (non-hydrogen) atoms. The van der Waals surface area contributed by atoms with Crippen LogP contribution in [0.1, 0.15) is 5.56 Å². The van der Waals surface area contributed by atoms with Crippen molar-refractivity contribution in [1.82, 2.24) is 5.43 Å². The Balaban J connectivity index is 1.91. The van der Waals surface area contributed by atoms with Gasteiger partial charge in [-0.3, -0.25) is 9.59 Å². The Morgan fingerprint density at radius 3 is 2.46 bits per heavy atom. The van der Waals surface area contributed by atoms with Gasteiger partial charge in [-0.2, -0.15) is 5.10 Å². The smallest absolute Gasteiger partial charge is 0.329 e. The Bertz CT molecular complexity index is 745. The van der Waals surface area contributed by atoms with Crippen LogP contribution in [0.2, 0.25) is 0 Å². The number of para-hydroxylation sites is 2. The first kappa shape index (κ1) is 17.6. The number of hydrogen-bond acceptors (Lipinski definition) is 5. The molecular formula is C17H17N3O3S. The zero-order valence-corrected chi connectivity index (χ0v) is 14.1. The van der Waals surface area contributed by atoms with Gasteiger partial charge in [0.1, 0.15) is 5.75 Å². The molecule has 0 radical (unpaired) electrons. The third-order valence-electron chi connectivity index (χ3n) is 3.06. The summed E-state index contributed by atoms with van der Waals surface area (Å²) in [5, 5.41) is 6.25. The van der Waals surface area contributed by atoms with Crippen LogP contribution in [0.15, 0.2) is 58.5 Å². The summed E-state index contributed by atoms with van der Waals surface area (Å²) >= 11 is 1.64. The van der Waals surface area contributed by atoms with E-state index in [4.69, 9.17) is 4.74 Å². The molecule has 0 spiro atoms. The number of ether oxygens (including phenoxy) is 1. The van der Waals surface area contributed by atoms with Gasteiger partial charge < -0.3 is 10.1 Å². The van der Waals surface area contributed by atoms with Gasteiger partial charge in [0, 0.05) is 4.90 Å². The number of benzene rings is 2. The number of anilines is 1. The number of methoxy groups -OCH3 is 1. The van der Waals surface area contributed by atoms with Gasteiger partial charge in [-0.25, -0.2) is 5.43 Å². The van der Waals surface area contributed by atoms with Gasteiger partial charge in [0.05, 0.1) is 19.0 Å². The fraction of sp³-hybridized carbons (Fsp3) is 0.118. The Kier molecular flexibility index (Phi) is 6.39. The van der Waals surface area contributed by atoms with Gasteiger partial charge in [-0.1, -0.05) is 24.3 Å². The number of amides is 2. The Labute approximate surface area is 144 Å². The van der Waals surface area contributed by atoms with Crippen LogP contribution in [0.5, 0.6) is 5.75 Å². The van der Waals surface area contributed by atoms with Crippen LogP contribution < -0.4 is 15.5 Å². The topological polar surface area (TPSA) is 79.8 Å². The van der Waals surface area contributed by atoms with Crippen LogP contribution >= 0.6 is 11.8 Å². The number of carbonyl (C=O) groups excluding carboxylic acids is 2. The minimum Gasteiger partial charge on any atom is -0.495 e. The third-order valence-corrected chi connectivity index (χ3v) is 3.80. The van der Waals surface area contributed by atoms with Gasteiger partial charge >= 0.3 is 11.8 Å². The molecule has 0 aliphatic rings. The van der Waals surface area contributed by atoms with Crippen LogP contribution in [-0.2, 0) is 9.59 Å². The van der Waals surface area contributed by atoms with Gasteiger partial charge in [-0.15, -0.1) is 11.8 Å². The van der Waals surface area contributed by atoms with E-state index in [2.05, 4.69) is 15.8 Å². The van der Waals surface area contributed by atoms with Crippen molar-refractivity contribution in [2.45, 2.75) is 4.90 Å². The summed E-state index contributed by atoms with van der Waals surface area (Å²) in [7, 11) is 1.48. The van der Waals surface area contributed by atoms with Crippen molar-refractivity contribution in [3.05, 3.63) is 54.1 Å². The summed E-state index contributed by atoms with van der Waals surface area (Å²) in [4.78, 5) is 24.7. The highest BCUT2D eigenvalue weighted by molar-refractivity contribution is 7.98. The molecule has 124 valence electrons. The van der Waals surface area contributed by atoms with Crippen molar-refractivity contribution in [2.24, 2.45) is 5.10 Å². The van der Waals surface area contributed by atoms with Crippen LogP contribution in [0.25, 0.3) is 0 Å². The molecule has 0 aliphatic heterocycles. The summed E-state index contributed by atoms with van der Waals surface area (Å²) in [5.74, 6) is -1.22. The quantitative estimate of drug-likeness (QED) is 0.378. The van der Waals surface area contributed by atoms with E-state index >= 15 is 0 Å². The monoisotopic (exact) mass is 343 g/mol. The molecule has 0 fully saturated rings. The number of carbonyl (C=O) groups is 2. The molecule has 0 aliphatic carbocycles. The van der Waals surface area contributed by atoms with E-state index in [0.717, 1.165) is 10.5 Å². The highest BCUT2D eigenvalue weighted by Crippen LogP contribution is 2.22. The summed E-state index contributed by atoms with van der Waals surface area (Å²) in [5.41, 5.74) is 3.42. The number of thioether (sulfide) groups is 1. The summed E-state index contributed by atoms with van der Waals surface area (Å²) < 4.78 is 5.11. The summed E-state index contributed by atoms with van der Waals surface area (Å²) in [6.45, 7) is 0. The highest BCUT2D eigenvalue weighted by atomic mass is 32.2. The van der Waals surface area contributed by atoms with Crippen LogP contribution in [0, 0.1) is 0 Å². The average molecular weight is 343 g/mol. The molecule has 0 bridgehead atoms. The van der Waals surface area contributed by atoms with Gasteiger partial charge in [-0.05, 0) is 36.1 Å². The molecule has 0 unspecified atom stereocenters. The number of hydrogen-bond donors (Lipinski definition) is 2. The lowest BCUT2D eigenvalue weighted by atomic mass is 10.2. The SMILES string of the molecule is COc1ccccc1NC(=O)C(=O)N/N=C/c1ccc(SC)cc1. The molecule has 6 nitrogen and oxygen atoms in total. The first-order valence-electron chi connectivity index (χ1n) is 7.05. The van der Waals surface area contributed by atoms with Crippen LogP contribution in [0.3, 0.4) is 0 Å². The minimum absolute atomic E-state index is 0.414. The number of nitrogens with zero attached hydrogens (tertiary/aromatic N) is 1. The zero-order valence-electron chi connectivity index (χ0n) is 13.3. The molecule has 0 saturated heterocycles. The molecule has 2 N–H and O–H groups in total. The van der Waals surface area contributed by atoms with Gasteiger partial charge in [0.25, 0.3) is 0 Å². The Morgan fingerprint density at radius 1 is 1.08 bits per heavy atom. The molecule has 2 rings (SSSR count). The van der Waals surface area contributed by atoms with Crippen LogP contribution in [0.4, 0.5) is 5.69 Å². The molecule has 0 atom stereocenters. The summed E-state index contributed by atoms with van der Waals surface area (Å²) in [6.07, 6.45) is 3.46. The lowest BCUT2D eigenvalue weighted by Gasteiger charge is -2.08. The second-order valence-electron chi connectivity index (χ2n) is 4.63. The van der Waals surface area contributed by atoms with E-state index in [1.165, 1.54) is 13.3 Å². The van der Waals surface area contributed by atoms with E-state index in [9.17, 15) is 9.59 Å². The molecule has 0 aromatic heterocycles. The summed E-state index contributed by atoms with van der Waals surface area (Å²) in [6, 6.07) is 14.5. The van der Waals surface area contributed by atoms with Crippen molar-refractivity contribution < 1.29 is 14.3 Å². The number of rotatable bonds is 5. The number of hydrazone groups is 1. The van der Waals surface area contributed by atoms with Crippen LogP contribution in [-0.4, -0.2) is 31.4 Å². The predicted molar refractivity (Wildman–Crippen MR) is 95.6 cm³/mol. The predicted octanol–water partition coefficient (Wildman–Crippen LogP) is 2.51. The maximum Gasteiger partial charge on any atom is 0.329 e. The normalized spacial score (nSPS) is 10.4. The molecule has 0 saturated carbocycles. The second-order valence-corrected chi connectivity index (χ2v) is 5.51. The molecule has 7 heteroatoms. The molecule has 2 aromatic rings. The van der Waals surface area contributed by atoms with Gasteiger partial charge in [0.2, 0.25) is 0 Å². The Morgan fingerprint density at radius 2 is 1.79 bits per heavy atom. The first-order chi connectivity index (χ1) is 11.6. The Hall–Kier alpha value is -2.80. The van der Waals surface area contributed by atoms with Crippen molar-refractivity contribution in [1.29, 1.82) is 0 Å². The minimum atomic E-state index is -0.863. The van der Waals surface area contributed by atoms with E-state index in [1.54, 1.807) is 36.0 Å². The first-order valence-corrected chi connectivity index (χ1v) is 8.28. The third kappa shape index (κ3) is 4.85. The molecule has 0 heterocycles. The molecule has 2 amide bonds. The van der Waals surface area contributed by atoms with Gasteiger partial charge in [0.15, 0.2) is 0 Å². The lowest BCUT2D eigenvalue weighted by molar-refractivity contribution is -0.136. The lowest BCUT2D eigenvalue weighted by Crippen LogP contribution is -2.32. The standard InChI is InChI=1S/C17H17N3O3S/c1-23-15-6-4-3-5-14(15)19-16(21)17(22)20-18-11-12-7-9-13(24-2)10-8-12/h3-11H,1-2H3,(H,19,21)(H,20,22)/b18-11+. The maximum absolute atomic E-state index is 11.9. The van der Waals surface area contributed by atoms with E-state index in [1.807, 2.05) is 30.5 Å². The van der Waals surface area contributed by atoms with E-state index in [0.29, 0.717) is 11.4 Å². The zero-order chi connectivity index (χ0) is 17.4. The highest BCUT2D eigenvalue weighted by Gasteiger charge is 2.14. The molecule has 2 aromatic carbocycles. The average Bonchev–Trinajstić information content (AvgIpc) is 2.62. The van der Waals surface area contributed by atoms with Crippen molar-refractivity contribution >= 4 is 35.5 Å². The van der Waals surface area contributed by atoms with Crippen molar-refractivity contribution in [2.75, 3.05) is 18.7 Å². The molecular weight excluding hydrogens is 326 g/mol. The van der Waals surface area contributed by atoms with Crippen molar-refractivity contribution in [3.8, 4) is 5.75 Å². The van der Waals surface area contributed by atoms with E-state index in [-0.39, 0.29) is 0 Å². The fourth-order valence-corrected chi connectivity index (χ4v) is 2.24.